The lowest BCUT2D eigenvalue weighted by Crippen LogP contribution is -2.59. The van der Waals surface area contributed by atoms with E-state index in [1.807, 2.05) is 0 Å². The van der Waals surface area contributed by atoms with Gasteiger partial charge >= 0.3 is 23.9 Å². The number of phenols is 2. The normalized spacial score (nSPS) is 22.0. The van der Waals surface area contributed by atoms with Crippen molar-refractivity contribution in [1.82, 2.24) is 0 Å². The van der Waals surface area contributed by atoms with Crippen molar-refractivity contribution in [2.24, 2.45) is 5.73 Å². The Morgan fingerprint density at radius 1 is 0.900 bits per heavy atom. The molecule has 1 aliphatic heterocycles. The summed E-state index contributed by atoms with van der Waals surface area (Å²) in [5.74, 6) is -3.50. The lowest BCUT2D eigenvalue weighted by Gasteiger charge is -2.40. The Balaban J connectivity index is 2.24. The zero-order chi connectivity index (χ0) is 29.8. The summed E-state index contributed by atoms with van der Waals surface area (Å²) >= 11 is 6.36. The maximum atomic E-state index is 12.9. The molecule has 0 bridgehead atoms. The van der Waals surface area contributed by atoms with Gasteiger partial charge in [-0.05, 0) is 43.4 Å². The van der Waals surface area contributed by atoms with Gasteiger partial charge in [0, 0.05) is 19.3 Å². The largest absolute Gasteiger partial charge is 0.504 e. The number of hydrogen-bond donors (Lipinski definition) is 3. The van der Waals surface area contributed by atoms with Gasteiger partial charge in [0.05, 0.1) is 12.0 Å². The molecule has 0 aliphatic carbocycles. The Morgan fingerprint density at radius 3 is 2.00 bits per heavy atom. The van der Waals surface area contributed by atoms with E-state index in [4.69, 9.17) is 41.0 Å². The van der Waals surface area contributed by atoms with Crippen LogP contribution in [0.3, 0.4) is 0 Å². The Morgan fingerprint density at radius 2 is 1.45 bits per heavy atom. The maximum absolute atomic E-state index is 12.9. The predicted molar refractivity (Wildman–Crippen MR) is 141 cm³/mol. The molecule has 0 spiro atoms. The molecule has 1 heterocycles. The summed E-state index contributed by atoms with van der Waals surface area (Å²) in [5, 5.41) is 18.4. The number of halogens is 1. The summed E-state index contributed by atoms with van der Waals surface area (Å²) < 4.78 is 27.7. The smallest absolute Gasteiger partial charge is 0.325 e. The van der Waals surface area contributed by atoms with Gasteiger partial charge in [0.1, 0.15) is 6.04 Å². The van der Waals surface area contributed by atoms with E-state index in [2.05, 4.69) is 0 Å². The van der Waals surface area contributed by atoms with Crippen LogP contribution in [0.15, 0.2) is 18.2 Å². The van der Waals surface area contributed by atoms with Gasteiger partial charge in [-0.15, -0.1) is 11.6 Å². The number of aromatic hydroxyl groups is 2. The van der Waals surface area contributed by atoms with Gasteiger partial charge in [0.2, 0.25) is 12.4 Å². The molecule has 13 heteroatoms. The van der Waals surface area contributed by atoms with Crippen LogP contribution >= 0.6 is 11.6 Å². The van der Waals surface area contributed by atoms with E-state index in [0.29, 0.717) is 24.8 Å². The number of rotatable bonds is 14. The Bertz CT molecular complexity index is 1020. The summed E-state index contributed by atoms with van der Waals surface area (Å²) in [6.07, 6.45) is -3.85. The number of alkyl halides is 1. The summed E-state index contributed by atoms with van der Waals surface area (Å²) in [4.78, 5) is 50.1. The highest BCUT2D eigenvalue weighted by Crippen LogP contribution is 2.33. The van der Waals surface area contributed by atoms with Gasteiger partial charge in [-0.2, -0.15) is 0 Å². The first-order chi connectivity index (χ1) is 19.0. The quantitative estimate of drug-likeness (QED) is 0.125. The molecular formula is C27H38ClNO11. The molecule has 1 saturated heterocycles. The van der Waals surface area contributed by atoms with E-state index in [9.17, 15) is 29.4 Å². The number of ether oxygens (including phenoxy) is 5. The molecule has 1 aliphatic rings. The van der Waals surface area contributed by atoms with Crippen LogP contribution in [0, 0.1) is 0 Å². The van der Waals surface area contributed by atoms with Gasteiger partial charge in [0.25, 0.3) is 0 Å². The van der Waals surface area contributed by atoms with Crippen molar-refractivity contribution < 1.29 is 53.1 Å². The molecule has 6 atom stereocenters. The van der Waals surface area contributed by atoms with Crippen molar-refractivity contribution in [3.05, 3.63) is 23.8 Å². The van der Waals surface area contributed by atoms with Crippen LogP contribution in [0.2, 0.25) is 0 Å². The standard InChI is InChI=1S/C27H38ClNO11/c1-4-7-21(32)37-20-14-36-27(25(39-23(34)9-6-3)24(20)38-22(33)8-5-2)40-26(35)17(29)13-16(28)15-10-11-18(30)19(31)12-15/h10-12,16-17,20,24-25,27,30-31H,4-9,13-14,29H2,1-3H3/t16?,17-,20+,24-,25+,27?/m0/s1. The highest BCUT2D eigenvalue weighted by Gasteiger charge is 2.49. The van der Waals surface area contributed by atoms with E-state index >= 15 is 0 Å². The second-order valence-corrected chi connectivity index (χ2v) is 9.91. The third-order valence-corrected chi connectivity index (χ3v) is 6.35. The highest BCUT2D eigenvalue weighted by atomic mass is 35.5. The zero-order valence-electron chi connectivity index (χ0n) is 22.9. The predicted octanol–water partition coefficient (Wildman–Crippen LogP) is 3.13. The third-order valence-electron chi connectivity index (χ3n) is 5.92. The van der Waals surface area contributed by atoms with Crippen LogP contribution in [0.4, 0.5) is 0 Å². The minimum absolute atomic E-state index is 0.0278. The fourth-order valence-corrected chi connectivity index (χ4v) is 4.20. The SMILES string of the molecule is CCCC(=O)O[C@H]1[C@H](OC(=O)CCC)COC(OC(=O)[C@@H](N)CC(Cl)c2ccc(O)c(O)c2)[C@@H]1OC(=O)CCC. The van der Waals surface area contributed by atoms with E-state index in [1.165, 1.54) is 18.2 Å². The number of phenolic OH excluding ortho intramolecular Hbond substituents is 2. The van der Waals surface area contributed by atoms with Crippen LogP contribution in [-0.4, -0.2) is 71.3 Å². The van der Waals surface area contributed by atoms with Crippen molar-refractivity contribution in [2.75, 3.05) is 6.61 Å². The number of carbonyl (C=O) groups is 4. The topological polar surface area (TPSA) is 181 Å². The molecule has 1 aromatic carbocycles. The van der Waals surface area contributed by atoms with Gasteiger partial charge in [-0.25, -0.2) is 0 Å². The van der Waals surface area contributed by atoms with Crippen LogP contribution in [0.5, 0.6) is 11.5 Å². The molecule has 2 unspecified atom stereocenters. The third kappa shape index (κ3) is 9.83. The van der Waals surface area contributed by atoms with Crippen LogP contribution in [0.25, 0.3) is 0 Å². The van der Waals surface area contributed by atoms with Crippen LogP contribution in [0.1, 0.15) is 76.7 Å². The summed E-state index contributed by atoms with van der Waals surface area (Å²) in [6, 6.07) is 2.69. The van der Waals surface area contributed by atoms with Crippen molar-refractivity contribution in [1.29, 1.82) is 0 Å². The lowest BCUT2D eigenvalue weighted by atomic mass is 10.0. The minimum atomic E-state index is -1.52. The summed E-state index contributed by atoms with van der Waals surface area (Å²) in [5.41, 5.74) is 6.43. The number of carbonyl (C=O) groups excluding carboxylic acids is 4. The lowest BCUT2D eigenvalue weighted by molar-refractivity contribution is -0.276. The molecule has 40 heavy (non-hydrogen) atoms. The summed E-state index contributed by atoms with van der Waals surface area (Å²) in [6.45, 7) is 5.03. The maximum Gasteiger partial charge on any atom is 0.325 e. The zero-order valence-corrected chi connectivity index (χ0v) is 23.6. The monoisotopic (exact) mass is 587 g/mol. The average Bonchev–Trinajstić information content (AvgIpc) is 2.89. The van der Waals surface area contributed by atoms with Crippen molar-refractivity contribution in [3.8, 4) is 11.5 Å². The van der Waals surface area contributed by atoms with E-state index < -0.39 is 59.9 Å². The molecule has 0 saturated carbocycles. The Hall–Kier alpha value is -3.09. The van der Waals surface area contributed by atoms with Crippen LogP contribution < -0.4 is 5.73 Å². The molecule has 1 fully saturated rings. The number of hydrogen-bond acceptors (Lipinski definition) is 12. The molecular weight excluding hydrogens is 550 g/mol. The number of esters is 4. The van der Waals surface area contributed by atoms with Crippen molar-refractivity contribution in [2.45, 2.75) is 102 Å². The first-order valence-corrected chi connectivity index (χ1v) is 13.8. The molecule has 224 valence electrons. The van der Waals surface area contributed by atoms with E-state index in [0.717, 1.165) is 0 Å². The van der Waals surface area contributed by atoms with Crippen LogP contribution in [-0.2, 0) is 42.9 Å². The molecule has 2 rings (SSSR count). The highest BCUT2D eigenvalue weighted by molar-refractivity contribution is 6.21. The minimum Gasteiger partial charge on any atom is -0.504 e. The Labute approximate surface area is 238 Å². The van der Waals surface area contributed by atoms with Gasteiger partial charge in [-0.1, -0.05) is 26.8 Å². The fourth-order valence-electron chi connectivity index (χ4n) is 3.87. The molecule has 0 amide bonds. The van der Waals surface area contributed by atoms with E-state index in [1.54, 1.807) is 20.8 Å². The average molecular weight is 588 g/mol. The second kappa shape index (κ2) is 16.2. The summed E-state index contributed by atoms with van der Waals surface area (Å²) in [7, 11) is 0. The van der Waals surface area contributed by atoms with Crippen molar-refractivity contribution >= 4 is 35.5 Å². The number of nitrogens with two attached hydrogens (primary N) is 1. The second-order valence-electron chi connectivity index (χ2n) is 9.38. The first-order valence-electron chi connectivity index (χ1n) is 13.3. The van der Waals surface area contributed by atoms with E-state index in [-0.39, 0.29) is 43.8 Å². The molecule has 0 radical (unpaired) electrons. The fraction of sp³-hybridized carbons (Fsp3) is 0.630. The van der Waals surface area contributed by atoms with Crippen molar-refractivity contribution in [3.63, 3.8) is 0 Å². The molecule has 4 N–H and O–H groups in total. The van der Waals surface area contributed by atoms with Gasteiger partial charge in [-0.3, -0.25) is 19.2 Å². The van der Waals surface area contributed by atoms with Gasteiger partial charge < -0.3 is 39.6 Å². The first kappa shape index (κ1) is 33.1. The molecule has 1 aromatic rings. The molecule has 0 aromatic heterocycles. The van der Waals surface area contributed by atoms with Gasteiger partial charge in [0.15, 0.2) is 23.7 Å². The number of benzene rings is 1. The Kier molecular flexibility index (Phi) is 13.4. The molecule has 12 nitrogen and oxygen atoms in total.